The van der Waals surface area contributed by atoms with Gasteiger partial charge in [-0.25, -0.2) is 0 Å². The minimum Gasteiger partial charge on any atom is -0.383 e. The fraction of sp³-hybridized carbons (Fsp3) is 1.00. The van der Waals surface area contributed by atoms with Crippen molar-refractivity contribution >= 4 is 0 Å². The lowest BCUT2D eigenvalue weighted by Gasteiger charge is -2.39. The van der Waals surface area contributed by atoms with Crippen LogP contribution in [0.5, 0.6) is 0 Å². The summed E-state index contributed by atoms with van der Waals surface area (Å²) in [5.41, 5.74) is 0.485. The summed E-state index contributed by atoms with van der Waals surface area (Å²) in [7, 11) is 1.79. The number of methoxy groups -OCH3 is 1. The Morgan fingerprint density at radius 1 is 1.11 bits per heavy atom. The van der Waals surface area contributed by atoms with E-state index < -0.39 is 0 Å². The number of hydrogen-bond acceptors (Lipinski definition) is 4. The molecular formula is C14H27N3O. The van der Waals surface area contributed by atoms with Crippen LogP contribution in [0.15, 0.2) is 0 Å². The fourth-order valence-electron chi connectivity index (χ4n) is 3.92. The van der Waals surface area contributed by atoms with E-state index in [-0.39, 0.29) is 0 Å². The Labute approximate surface area is 111 Å². The van der Waals surface area contributed by atoms with Gasteiger partial charge in [-0.05, 0) is 25.7 Å². The van der Waals surface area contributed by atoms with Crippen molar-refractivity contribution in [2.24, 2.45) is 0 Å². The molecule has 3 heterocycles. The van der Waals surface area contributed by atoms with Crippen molar-refractivity contribution in [2.45, 2.75) is 37.3 Å². The molecule has 3 aliphatic rings. The summed E-state index contributed by atoms with van der Waals surface area (Å²) in [6, 6.07) is 0.841. The third-order valence-electron chi connectivity index (χ3n) is 5.06. The standard InChI is InChI=1S/C14H27N3O/c1-18-11-10-16-6-8-17(9-7-16)12-14-4-2-13(15-14)3-5-14/h13,15H,2-12H2,1H3. The second-order valence-corrected chi connectivity index (χ2v) is 6.31. The molecule has 3 fully saturated rings. The third kappa shape index (κ3) is 2.72. The monoisotopic (exact) mass is 253 g/mol. The molecule has 0 aliphatic carbocycles. The first-order valence-corrected chi connectivity index (χ1v) is 7.51. The molecule has 2 bridgehead atoms. The Bertz CT molecular complexity index is 268. The third-order valence-corrected chi connectivity index (χ3v) is 5.06. The molecule has 3 rings (SSSR count). The number of hydrogen-bond donors (Lipinski definition) is 1. The molecule has 0 atom stereocenters. The molecule has 18 heavy (non-hydrogen) atoms. The van der Waals surface area contributed by atoms with E-state index in [1.807, 2.05) is 0 Å². The number of fused-ring (bicyclic) bond motifs is 2. The van der Waals surface area contributed by atoms with Crippen LogP contribution >= 0.6 is 0 Å². The highest BCUT2D eigenvalue weighted by molar-refractivity contribution is 5.06. The van der Waals surface area contributed by atoms with Gasteiger partial charge in [-0.2, -0.15) is 0 Å². The fourth-order valence-corrected chi connectivity index (χ4v) is 3.92. The van der Waals surface area contributed by atoms with Gasteiger partial charge in [0.15, 0.2) is 0 Å². The van der Waals surface area contributed by atoms with E-state index in [9.17, 15) is 0 Å². The van der Waals surface area contributed by atoms with Gasteiger partial charge in [0.1, 0.15) is 0 Å². The van der Waals surface area contributed by atoms with Gasteiger partial charge in [-0.15, -0.1) is 0 Å². The molecular weight excluding hydrogens is 226 g/mol. The van der Waals surface area contributed by atoms with Gasteiger partial charge in [0.2, 0.25) is 0 Å². The molecule has 3 aliphatic heterocycles. The molecule has 0 unspecified atom stereocenters. The number of ether oxygens (including phenoxy) is 1. The van der Waals surface area contributed by atoms with Gasteiger partial charge in [-0.1, -0.05) is 0 Å². The molecule has 3 saturated heterocycles. The van der Waals surface area contributed by atoms with Crippen molar-refractivity contribution in [3.63, 3.8) is 0 Å². The highest BCUT2D eigenvalue weighted by Crippen LogP contribution is 2.38. The molecule has 4 heteroatoms. The van der Waals surface area contributed by atoms with Crippen LogP contribution in [0, 0.1) is 0 Å². The summed E-state index contributed by atoms with van der Waals surface area (Å²) in [6.45, 7) is 8.13. The van der Waals surface area contributed by atoms with Gasteiger partial charge in [0.05, 0.1) is 6.61 Å². The average molecular weight is 253 g/mol. The second kappa shape index (κ2) is 5.45. The maximum absolute atomic E-state index is 5.15. The first-order chi connectivity index (χ1) is 8.80. The van der Waals surface area contributed by atoms with Gasteiger partial charge in [0, 0.05) is 58.0 Å². The minimum absolute atomic E-state index is 0.485. The Kier molecular flexibility index (Phi) is 3.89. The summed E-state index contributed by atoms with van der Waals surface area (Å²) < 4.78 is 5.15. The minimum atomic E-state index is 0.485. The molecule has 0 amide bonds. The number of nitrogens with one attached hydrogen (secondary N) is 1. The highest BCUT2D eigenvalue weighted by atomic mass is 16.5. The first-order valence-electron chi connectivity index (χ1n) is 7.51. The van der Waals surface area contributed by atoms with E-state index in [1.54, 1.807) is 7.11 Å². The van der Waals surface area contributed by atoms with Crippen LogP contribution in [0.4, 0.5) is 0 Å². The van der Waals surface area contributed by atoms with Crippen molar-refractivity contribution in [3.05, 3.63) is 0 Å². The van der Waals surface area contributed by atoms with Crippen LogP contribution in [0.3, 0.4) is 0 Å². The summed E-state index contributed by atoms with van der Waals surface area (Å²) in [4.78, 5) is 5.20. The molecule has 0 saturated carbocycles. The molecule has 0 aromatic heterocycles. The van der Waals surface area contributed by atoms with E-state index in [0.29, 0.717) is 5.54 Å². The number of rotatable bonds is 5. The lowest BCUT2D eigenvalue weighted by atomic mass is 9.87. The molecule has 0 spiro atoms. The molecule has 0 radical (unpaired) electrons. The van der Waals surface area contributed by atoms with Crippen LogP contribution < -0.4 is 5.32 Å². The number of nitrogens with zero attached hydrogens (tertiary/aromatic N) is 2. The predicted octanol–water partition coefficient (Wildman–Crippen LogP) is 0.535. The summed E-state index contributed by atoms with van der Waals surface area (Å²) in [5.74, 6) is 0. The molecule has 104 valence electrons. The predicted molar refractivity (Wildman–Crippen MR) is 72.9 cm³/mol. The van der Waals surface area contributed by atoms with E-state index in [4.69, 9.17) is 4.74 Å². The Balaban J connectivity index is 1.43. The van der Waals surface area contributed by atoms with Crippen LogP contribution in [0.25, 0.3) is 0 Å². The summed E-state index contributed by atoms with van der Waals surface area (Å²) in [6.07, 6.45) is 5.63. The van der Waals surface area contributed by atoms with Crippen molar-refractivity contribution in [1.82, 2.24) is 15.1 Å². The molecule has 4 nitrogen and oxygen atoms in total. The van der Waals surface area contributed by atoms with E-state index in [0.717, 1.165) is 19.2 Å². The second-order valence-electron chi connectivity index (χ2n) is 6.31. The van der Waals surface area contributed by atoms with Crippen LogP contribution in [0.1, 0.15) is 25.7 Å². The van der Waals surface area contributed by atoms with E-state index in [2.05, 4.69) is 15.1 Å². The van der Waals surface area contributed by atoms with Gasteiger partial charge < -0.3 is 10.1 Å². The van der Waals surface area contributed by atoms with Gasteiger partial charge >= 0.3 is 0 Å². The number of piperazine rings is 1. The smallest absolute Gasteiger partial charge is 0.0589 e. The lowest BCUT2D eigenvalue weighted by Crippen LogP contribution is -2.54. The zero-order chi connectivity index (χ0) is 12.4. The zero-order valence-corrected chi connectivity index (χ0v) is 11.7. The van der Waals surface area contributed by atoms with Crippen molar-refractivity contribution < 1.29 is 4.74 Å². The molecule has 0 aromatic rings. The largest absolute Gasteiger partial charge is 0.383 e. The van der Waals surface area contributed by atoms with E-state index in [1.165, 1.54) is 58.4 Å². The Hall–Kier alpha value is -0.160. The van der Waals surface area contributed by atoms with Crippen LogP contribution in [-0.2, 0) is 4.74 Å². The van der Waals surface area contributed by atoms with Crippen molar-refractivity contribution in [2.75, 3.05) is 53.0 Å². The van der Waals surface area contributed by atoms with Gasteiger partial charge in [-0.3, -0.25) is 9.80 Å². The Morgan fingerprint density at radius 3 is 2.33 bits per heavy atom. The average Bonchev–Trinajstić information content (AvgIpc) is 2.98. The summed E-state index contributed by atoms with van der Waals surface area (Å²) >= 11 is 0. The first kappa shape index (κ1) is 12.9. The normalized spacial score (nSPS) is 37.5. The van der Waals surface area contributed by atoms with Crippen molar-refractivity contribution in [3.8, 4) is 0 Å². The topological polar surface area (TPSA) is 27.7 Å². The van der Waals surface area contributed by atoms with Crippen LogP contribution in [-0.4, -0.2) is 74.4 Å². The Morgan fingerprint density at radius 2 is 1.78 bits per heavy atom. The molecule has 1 N–H and O–H groups in total. The maximum atomic E-state index is 5.15. The maximum Gasteiger partial charge on any atom is 0.0589 e. The van der Waals surface area contributed by atoms with Crippen LogP contribution in [0.2, 0.25) is 0 Å². The molecule has 0 aromatic carbocycles. The van der Waals surface area contributed by atoms with Gasteiger partial charge in [0.25, 0.3) is 0 Å². The van der Waals surface area contributed by atoms with Crippen molar-refractivity contribution in [1.29, 1.82) is 0 Å². The zero-order valence-electron chi connectivity index (χ0n) is 11.7. The quantitative estimate of drug-likeness (QED) is 0.774. The van der Waals surface area contributed by atoms with E-state index >= 15 is 0 Å². The highest BCUT2D eigenvalue weighted by Gasteiger charge is 2.45. The lowest BCUT2D eigenvalue weighted by molar-refractivity contribution is 0.0825. The summed E-state index contributed by atoms with van der Waals surface area (Å²) in [5, 5.41) is 3.86. The SMILES string of the molecule is COCCN1CCN(CC23CCC(CC2)N3)CC1.